The van der Waals surface area contributed by atoms with Crippen molar-refractivity contribution in [3.63, 3.8) is 0 Å². The Morgan fingerprint density at radius 3 is 2.16 bits per heavy atom. The molecule has 0 aromatic heterocycles. The molecule has 106 valence electrons. The lowest BCUT2D eigenvalue weighted by Crippen LogP contribution is -2.30. The average molecular weight is 262 g/mol. The molecular weight excluding hydrogens is 236 g/mol. The number of benzene rings is 1. The molecule has 0 heterocycles. The summed E-state index contributed by atoms with van der Waals surface area (Å²) in [6.07, 6.45) is 0. The number of nitrogens with zero attached hydrogens (tertiary/aromatic N) is 2. The van der Waals surface area contributed by atoms with Crippen LogP contribution in [0.15, 0.2) is 23.2 Å². The van der Waals surface area contributed by atoms with E-state index in [9.17, 15) is 0 Å². The Kier molecular flexibility index (Phi) is 6.57. The minimum absolute atomic E-state index is 0.658. The molecule has 3 nitrogen and oxygen atoms in total. The highest BCUT2D eigenvalue weighted by Crippen LogP contribution is 2.23. The van der Waals surface area contributed by atoms with Gasteiger partial charge in [-0.15, -0.1) is 0 Å². The van der Waals surface area contributed by atoms with Gasteiger partial charge >= 0.3 is 0 Å². The number of aliphatic imine (C=N–C) groups is 1. The predicted molar refractivity (Wildman–Crippen MR) is 82.4 cm³/mol. The first kappa shape index (κ1) is 15.7. The highest BCUT2D eigenvalue weighted by molar-refractivity contribution is 5.82. The second kappa shape index (κ2) is 7.95. The molecule has 0 aliphatic heterocycles. The van der Waals surface area contributed by atoms with Crippen LogP contribution in [0.5, 0.6) is 0 Å². The van der Waals surface area contributed by atoms with Gasteiger partial charge in [-0.25, -0.2) is 4.99 Å². The Bertz CT molecular complexity index is 403. The van der Waals surface area contributed by atoms with Crippen LogP contribution in [0.3, 0.4) is 0 Å². The molecule has 0 bridgehead atoms. The maximum Gasteiger partial charge on any atom is 0.203 e. The predicted octanol–water partition coefficient (Wildman–Crippen LogP) is 3.71. The molecule has 0 saturated heterocycles. The molecular formula is C16H26N2O. The van der Waals surface area contributed by atoms with Gasteiger partial charge in [-0.05, 0) is 45.0 Å². The zero-order chi connectivity index (χ0) is 14.3. The molecule has 0 N–H and O–H groups in total. The van der Waals surface area contributed by atoms with Crippen molar-refractivity contribution in [2.75, 3.05) is 26.2 Å². The summed E-state index contributed by atoms with van der Waals surface area (Å²) in [5, 5.41) is 0. The van der Waals surface area contributed by atoms with Crippen molar-refractivity contribution >= 4 is 11.6 Å². The van der Waals surface area contributed by atoms with E-state index in [1.165, 1.54) is 11.1 Å². The van der Waals surface area contributed by atoms with Gasteiger partial charge in [0.2, 0.25) is 5.90 Å². The van der Waals surface area contributed by atoms with Gasteiger partial charge in [0, 0.05) is 0 Å². The zero-order valence-electron chi connectivity index (χ0n) is 12.9. The second-order valence-electron chi connectivity index (χ2n) is 4.64. The molecule has 0 fully saturated rings. The Labute approximate surface area is 117 Å². The number of ether oxygens (including phenoxy) is 1. The maximum absolute atomic E-state index is 5.70. The van der Waals surface area contributed by atoms with Crippen LogP contribution in [0.2, 0.25) is 0 Å². The van der Waals surface area contributed by atoms with E-state index in [2.05, 4.69) is 50.8 Å². The Morgan fingerprint density at radius 1 is 1.11 bits per heavy atom. The normalized spacial score (nSPS) is 12.0. The average Bonchev–Trinajstić information content (AvgIpc) is 2.40. The highest BCUT2D eigenvalue weighted by atomic mass is 16.5. The van der Waals surface area contributed by atoms with E-state index in [1.54, 1.807) is 0 Å². The van der Waals surface area contributed by atoms with Crippen molar-refractivity contribution in [2.45, 2.75) is 34.6 Å². The lowest BCUT2D eigenvalue weighted by atomic mass is 10.1. The summed E-state index contributed by atoms with van der Waals surface area (Å²) < 4.78 is 5.70. The van der Waals surface area contributed by atoms with Crippen molar-refractivity contribution in [3.8, 4) is 0 Å². The van der Waals surface area contributed by atoms with Gasteiger partial charge in [0.05, 0.1) is 18.8 Å². The van der Waals surface area contributed by atoms with Gasteiger partial charge in [0.15, 0.2) is 0 Å². The van der Waals surface area contributed by atoms with E-state index in [1.807, 2.05) is 6.92 Å². The van der Waals surface area contributed by atoms with Crippen LogP contribution in [0.1, 0.15) is 31.9 Å². The molecule has 3 heteroatoms. The Morgan fingerprint density at radius 2 is 1.68 bits per heavy atom. The standard InChI is InChI=1S/C16H26N2O/c1-6-18(7-2)12-15(19-8-3)17-16-13(4)10-9-11-14(16)5/h9-11H,6-8,12H2,1-5H3. The van der Waals surface area contributed by atoms with Crippen LogP contribution in [0.25, 0.3) is 0 Å². The maximum atomic E-state index is 5.70. The summed E-state index contributed by atoms with van der Waals surface area (Å²) in [5.41, 5.74) is 3.42. The number of hydrogen-bond donors (Lipinski definition) is 0. The van der Waals surface area contributed by atoms with Crippen LogP contribution in [0.4, 0.5) is 5.69 Å². The van der Waals surface area contributed by atoms with Crippen LogP contribution >= 0.6 is 0 Å². The first-order valence-electron chi connectivity index (χ1n) is 7.11. The first-order valence-corrected chi connectivity index (χ1v) is 7.11. The van der Waals surface area contributed by atoms with E-state index >= 15 is 0 Å². The third-order valence-corrected chi connectivity index (χ3v) is 3.24. The highest BCUT2D eigenvalue weighted by Gasteiger charge is 2.08. The molecule has 0 aliphatic carbocycles. The fraction of sp³-hybridized carbons (Fsp3) is 0.562. The molecule has 1 rings (SSSR count). The third-order valence-electron chi connectivity index (χ3n) is 3.24. The minimum atomic E-state index is 0.658. The summed E-state index contributed by atoms with van der Waals surface area (Å²) >= 11 is 0. The number of likely N-dealkylation sites (N-methyl/N-ethyl adjacent to an activating group) is 1. The number of rotatable bonds is 6. The minimum Gasteiger partial charge on any atom is -0.480 e. The van der Waals surface area contributed by atoms with E-state index in [-0.39, 0.29) is 0 Å². The molecule has 0 saturated carbocycles. The van der Waals surface area contributed by atoms with Gasteiger partial charge in [-0.2, -0.15) is 0 Å². The van der Waals surface area contributed by atoms with Crippen molar-refractivity contribution in [3.05, 3.63) is 29.3 Å². The first-order chi connectivity index (χ1) is 9.12. The summed E-state index contributed by atoms with van der Waals surface area (Å²) in [6.45, 7) is 13.9. The number of hydrogen-bond acceptors (Lipinski definition) is 3. The van der Waals surface area contributed by atoms with Crippen molar-refractivity contribution in [1.29, 1.82) is 0 Å². The summed E-state index contributed by atoms with van der Waals surface area (Å²) in [5.74, 6) is 0.809. The fourth-order valence-electron chi connectivity index (χ4n) is 2.03. The van der Waals surface area contributed by atoms with E-state index in [4.69, 9.17) is 9.73 Å². The van der Waals surface area contributed by atoms with Crippen molar-refractivity contribution < 1.29 is 4.74 Å². The topological polar surface area (TPSA) is 24.8 Å². The smallest absolute Gasteiger partial charge is 0.203 e. The zero-order valence-corrected chi connectivity index (χ0v) is 12.9. The summed E-state index contributed by atoms with van der Waals surface area (Å²) in [4.78, 5) is 7.04. The Hall–Kier alpha value is -1.35. The summed E-state index contributed by atoms with van der Waals surface area (Å²) in [6, 6.07) is 6.24. The molecule has 0 amide bonds. The van der Waals surface area contributed by atoms with E-state index in [0.29, 0.717) is 6.61 Å². The quantitative estimate of drug-likeness (QED) is 0.576. The molecule has 0 radical (unpaired) electrons. The SMILES string of the molecule is CCOC(CN(CC)CC)=Nc1c(C)cccc1C. The molecule has 1 aromatic carbocycles. The molecule has 0 atom stereocenters. The van der Waals surface area contributed by atoms with Gasteiger partial charge in [0.25, 0.3) is 0 Å². The summed E-state index contributed by atoms with van der Waals surface area (Å²) in [7, 11) is 0. The van der Waals surface area contributed by atoms with Gasteiger partial charge < -0.3 is 4.74 Å². The van der Waals surface area contributed by atoms with E-state index in [0.717, 1.165) is 31.2 Å². The third kappa shape index (κ3) is 4.67. The lowest BCUT2D eigenvalue weighted by Gasteiger charge is -2.19. The van der Waals surface area contributed by atoms with Gasteiger partial charge in [-0.3, -0.25) is 4.90 Å². The molecule has 0 spiro atoms. The largest absolute Gasteiger partial charge is 0.480 e. The van der Waals surface area contributed by atoms with E-state index < -0.39 is 0 Å². The molecule has 19 heavy (non-hydrogen) atoms. The lowest BCUT2D eigenvalue weighted by molar-refractivity contribution is 0.275. The number of para-hydroxylation sites is 1. The molecule has 0 unspecified atom stereocenters. The Balaban J connectivity index is 3.00. The van der Waals surface area contributed by atoms with Gasteiger partial charge in [-0.1, -0.05) is 32.0 Å². The fourth-order valence-corrected chi connectivity index (χ4v) is 2.03. The second-order valence-corrected chi connectivity index (χ2v) is 4.64. The number of aryl methyl sites for hydroxylation is 2. The van der Waals surface area contributed by atoms with Crippen LogP contribution in [-0.4, -0.2) is 37.0 Å². The van der Waals surface area contributed by atoms with Crippen molar-refractivity contribution in [2.24, 2.45) is 4.99 Å². The van der Waals surface area contributed by atoms with Crippen LogP contribution < -0.4 is 0 Å². The molecule has 0 aliphatic rings. The van der Waals surface area contributed by atoms with Crippen molar-refractivity contribution in [1.82, 2.24) is 4.90 Å². The molecule has 1 aromatic rings. The van der Waals surface area contributed by atoms with Gasteiger partial charge in [0.1, 0.15) is 0 Å². The monoisotopic (exact) mass is 262 g/mol. The van der Waals surface area contributed by atoms with Crippen LogP contribution in [0, 0.1) is 13.8 Å². The van der Waals surface area contributed by atoms with Crippen LogP contribution in [-0.2, 0) is 4.74 Å².